The van der Waals surface area contributed by atoms with E-state index in [-0.39, 0.29) is 30.3 Å². The van der Waals surface area contributed by atoms with Crippen LogP contribution in [0.2, 0.25) is 0 Å². The largest absolute Gasteiger partial charge is 0.481 e. The molecular formula is C28H35NO5S. The molecule has 1 N–H and O–H groups in total. The van der Waals surface area contributed by atoms with Crippen molar-refractivity contribution in [2.24, 2.45) is 5.92 Å². The van der Waals surface area contributed by atoms with Gasteiger partial charge in [0.25, 0.3) is 0 Å². The van der Waals surface area contributed by atoms with Gasteiger partial charge in [0.2, 0.25) is 0 Å². The number of unbranched alkanes of at least 4 members (excludes halogenated alkanes) is 1. The Balaban J connectivity index is 1.36. The zero-order chi connectivity index (χ0) is 24.5. The first-order valence-electron chi connectivity index (χ1n) is 12.5. The summed E-state index contributed by atoms with van der Waals surface area (Å²) < 4.78 is 11.9. The zero-order valence-electron chi connectivity index (χ0n) is 20.1. The summed E-state index contributed by atoms with van der Waals surface area (Å²) in [4.78, 5) is 27.2. The number of nitrogens with zero attached hydrogens (tertiary/aromatic N) is 1. The minimum atomic E-state index is -0.763. The van der Waals surface area contributed by atoms with E-state index >= 15 is 0 Å². The molecule has 0 unspecified atom stereocenters. The number of aliphatic carboxylic acids is 1. The van der Waals surface area contributed by atoms with Gasteiger partial charge in [0.15, 0.2) is 5.78 Å². The Hall–Kier alpha value is -2.32. The molecule has 6 nitrogen and oxygen atoms in total. The molecule has 0 spiro atoms. The number of thiophene rings is 1. The van der Waals surface area contributed by atoms with E-state index in [2.05, 4.69) is 46.7 Å². The fourth-order valence-corrected chi connectivity index (χ4v) is 5.87. The van der Waals surface area contributed by atoms with Crippen molar-refractivity contribution in [2.75, 3.05) is 26.3 Å². The number of ketones is 1. The molecule has 3 atom stereocenters. The summed E-state index contributed by atoms with van der Waals surface area (Å²) in [5, 5.41) is 11.0. The maximum absolute atomic E-state index is 13.1. The quantitative estimate of drug-likeness (QED) is 0.338. The maximum atomic E-state index is 13.1. The lowest BCUT2D eigenvalue weighted by Gasteiger charge is -2.35. The van der Waals surface area contributed by atoms with Crippen LogP contribution in [0, 0.1) is 5.92 Å². The molecule has 1 saturated heterocycles. The van der Waals surface area contributed by atoms with Gasteiger partial charge in [-0.15, -0.1) is 11.3 Å². The molecule has 2 aliphatic rings. The summed E-state index contributed by atoms with van der Waals surface area (Å²) in [6.45, 7) is 3.39. The minimum absolute atomic E-state index is 0.0973. The van der Waals surface area contributed by atoms with E-state index in [0.717, 1.165) is 32.4 Å². The van der Waals surface area contributed by atoms with Crippen molar-refractivity contribution in [2.45, 2.75) is 57.3 Å². The van der Waals surface area contributed by atoms with E-state index in [0.29, 0.717) is 32.7 Å². The second-order valence-electron chi connectivity index (χ2n) is 9.35. The number of rotatable bonds is 12. The number of Topliss-reactive ketones (excluding diaryl/α,β-unsaturated/α-hetero) is 1. The first kappa shape index (κ1) is 25.8. The van der Waals surface area contributed by atoms with Crippen LogP contribution >= 0.6 is 11.3 Å². The summed E-state index contributed by atoms with van der Waals surface area (Å²) in [7, 11) is 0. The summed E-state index contributed by atoms with van der Waals surface area (Å²) >= 11 is 1.71. The van der Waals surface area contributed by atoms with Crippen LogP contribution in [-0.2, 0) is 32.1 Å². The average molecular weight is 498 g/mol. The number of ether oxygens (including phenoxy) is 2. The highest BCUT2D eigenvalue weighted by atomic mass is 32.1. The molecule has 0 bridgehead atoms. The van der Waals surface area contributed by atoms with Crippen molar-refractivity contribution in [3.8, 4) is 0 Å². The van der Waals surface area contributed by atoms with E-state index in [4.69, 9.17) is 14.6 Å². The molecule has 2 heterocycles. The molecule has 2 aromatic rings. The third kappa shape index (κ3) is 7.58. The topological polar surface area (TPSA) is 76.1 Å². The van der Waals surface area contributed by atoms with Crippen LogP contribution in [0.1, 0.15) is 48.1 Å². The Morgan fingerprint density at radius 2 is 1.97 bits per heavy atom. The molecule has 1 saturated carbocycles. The molecule has 1 aliphatic heterocycles. The van der Waals surface area contributed by atoms with Gasteiger partial charge in [-0.05, 0) is 48.3 Å². The fourth-order valence-electron chi connectivity index (χ4n) is 5.06. The van der Waals surface area contributed by atoms with Crippen LogP contribution in [0.25, 0.3) is 0 Å². The molecular weight excluding hydrogens is 462 g/mol. The van der Waals surface area contributed by atoms with Crippen molar-refractivity contribution in [3.05, 3.63) is 69.9 Å². The monoisotopic (exact) mass is 497 g/mol. The lowest BCUT2D eigenvalue weighted by molar-refractivity contribution is -0.137. The van der Waals surface area contributed by atoms with Crippen LogP contribution in [-0.4, -0.2) is 60.2 Å². The second kappa shape index (κ2) is 13.1. The molecule has 0 radical (unpaired) electrons. The third-order valence-electron chi connectivity index (χ3n) is 6.79. The van der Waals surface area contributed by atoms with Gasteiger partial charge in [-0.25, -0.2) is 0 Å². The molecule has 1 aliphatic carbocycles. The van der Waals surface area contributed by atoms with Gasteiger partial charge < -0.3 is 14.6 Å². The lowest BCUT2D eigenvalue weighted by Crippen LogP contribution is -2.49. The number of carbonyl (C=O) groups is 2. The van der Waals surface area contributed by atoms with E-state index in [1.165, 1.54) is 16.0 Å². The smallest absolute Gasteiger partial charge is 0.303 e. The molecule has 1 aromatic heterocycles. The second-order valence-corrected chi connectivity index (χ2v) is 10.3. The first-order chi connectivity index (χ1) is 17.1. The summed E-state index contributed by atoms with van der Waals surface area (Å²) in [5.41, 5.74) is 2.58. The highest BCUT2D eigenvalue weighted by molar-refractivity contribution is 7.10. The molecule has 35 heavy (non-hydrogen) atoms. The third-order valence-corrected chi connectivity index (χ3v) is 7.75. The van der Waals surface area contributed by atoms with Crippen molar-refractivity contribution >= 4 is 23.1 Å². The van der Waals surface area contributed by atoms with Crippen molar-refractivity contribution in [1.29, 1.82) is 0 Å². The lowest BCUT2D eigenvalue weighted by atomic mass is 9.95. The number of carboxylic acid groups (broad SMARTS) is 1. The Kier molecular flexibility index (Phi) is 9.66. The van der Waals surface area contributed by atoms with E-state index in [9.17, 15) is 9.59 Å². The SMILES string of the molecule is O=C(O)CCC/C=C\C[C@H]1[C@H](N2CCOCC2)C(=O)C[C@H]1OCc1cc(Cc2ccccc2)cs1. The van der Waals surface area contributed by atoms with Crippen molar-refractivity contribution in [3.63, 3.8) is 0 Å². The fraction of sp³-hybridized carbons (Fsp3) is 0.500. The van der Waals surface area contributed by atoms with Crippen LogP contribution in [0.4, 0.5) is 0 Å². The van der Waals surface area contributed by atoms with Crippen molar-refractivity contribution < 1.29 is 24.2 Å². The molecule has 4 rings (SSSR count). The van der Waals surface area contributed by atoms with E-state index in [1.54, 1.807) is 11.3 Å². The molecule has 0 amide bonds. The molecule has 1 aromatic carbocycles. The van der Waals surface area contributed by atoms with E-state index < -0.39 is 5.97 Å². The number of hydrogen-bond acceptors (Lipinski definition) is 6. The number of benzene rings is 1. The summed E-state index contributed by atoms with van der Waals surface area (Å²) in [6.07, 6.45) is 7.71. The normalized spacial score (nSPS) is 23.3. The minimum Gasteiger partial charge on any atom is -0.481 e. The zero-order valence-corrected chi connectivity index (χ0v) is 21.0. The Bertz CT molecular complexity index is 982. The van der Waals surface area contributed by atoms with Gasteiger partial charge in [-0.2, -0.15) is 0 Å². The molecule has 188 valence electrons. The van der Waals surface area contributed by atoms with Gasteiger partial charge in [-0.1, -0.05) is 42.5 Å². The highest BCUT2D eigenvalue weighted by Gasteiger charge is 2.45. The summed E-state index contributed by atoms with van der Waals surface area (Å²) in [5.74, 6) is -0.404. The Morgan fingerprint density at radius 3 is 2.74 bits per heavy atom. The van der Waals surface area contributed by atoms with Crippen molar-refractivity contribution in [1.82, 2.24) is 4.90 Å². The van der Waals surface area contributed by atoms with Gasteiger partial charge >= 0.3 is 5.97 Å². The maximum Gasteiger partial charge on any atom is 0.303 e. The first-order valence-corrected chi connectivity index (χ1v) is 13.4. The van der Waals surface area contributed by atoms with Gasteiger partial charge in [0, 0.05) is 36.7 Å². The standard InChI is InChI=1S/C28H35NO5S/c30-25-18-26(34-19-23-17-22(20-35-23)16-21-8-4-3-5-9-21)24(10-6-1-2-7-11-27(31)32)28(25)29-12-14-33-15-13-29/h1,3-6,8-9,17,20,24,26,28H,2,7,10-16,18-19H2,(H,31,32)/b6-1-/t24-,26-,28+/m1/s1. The Labute approximate surface area is 211 Å². The van der Waals surface area contributed by atoms with Crippen LogP contribution in [0.15, 0.2) is 53.9 Å². The average Bonchev–Trinajstić information content (AvgIpc) is 3.44. The predicted octanol–water partition coefficient (Wildman–Crippen LogP) is 4.72. The number of morpholine rings is 1. The van der Waals surface area contributed by atoms with Crippen LogP contribution in [0.3, 0.4) is 0 Å². The van der Waals surface area contributed by atoms with Gasteiger partial charge in [-0.3, -0.25) is 14.5 Å². The highest BCUT2D eigenvalue weighted by Crippen LogP contribution is 2.34. The molecule has 2 fully saturated rings. The van der Waals surface area contributed by atoms with Crippen LogP contribution < -0.4 is 0 Å². The number of hydrogen-bond donors (Lipinski definition) is 1. The van der Waals surface area contributed by atoms with Crippen LogP contribution in [0.5, 0.6) is 0 Å². The number of carboxylic acids is 1. The van der Waals surface area contributed by atoms with Gasteiger partial charge in [0.05, 0.1) is 32.0 Å². The summed E-state index contributed by atoms with van der Waals surface area (Å²) in [6, 6.07) is 12.5. The Morgan fingerprint density at radius 1 is 1.17 bits per heavy atom. The predicted molar refractivity (Wildman–Crippen MR) is 137 cm³/mol. The molecule has 7 heteroatoms. The van der Waals surface area contributed by atoms with E-state index in [1.807, 2.05) is 12.1 Å². The van der Waals surface area contributed by atoms with Gasteiger partial charge in [0.1, 0.15) is 0 Å². The number of carbonyl (C=O) groups excluding carboxylic acids is 1. The number of allylic oxidation sites excluding steroid dienone is 2.